The molecular weight excluding hydrogens is 1090 g/mol. The lowest BCUT2D eigenvalue weighted by atomic mass is 9.92. The van der Waals surface area contributed by atoms with Crippen LogP contribution < -0.4 is 13.7 Å². The van der Waals surface area contributed by atoms with E-state index in [1.54, 1.807) is 0 Å². The molecule has 0 bridgehead atoms. The summed E-state index contributed by atoms with van der Waals surface area (Å²) in [5.41, 5.74) is 27.1. The van der Waals surface area contributed by atoms with Crippen LogP contribution in [0.5, 0.6) is 0 Å². The average molecular weight is 1170 g/mol. The van der Waals surface area contributed by atoms with Gasteiger partial charge in [0.1, 0.15) is 32.8 Å². The van der Waals surface area contributed by atoms with Gasteiger partial charge >= 0.3 is 0 Å². The average Bonchev–Trinajstić information content (AvgIpc) is 2.15. The van der Waals surface area contributed by atoms with Gasteiger partial charge in [-0.3, -0.25) is 9.97 Å². The fourth-order valence-corrected chi connectivity index (χ4v) is 12.8. The molecule has 0 spiro atoms. The molecule has 6 aromatic carbocycles. The zero-order valence-corrected chi connectivity index (χ0v) is 55.2. The van der Waals surface area contributed by atoms with Gasteiger partial charge in [-0.1, -0.05) is 105 Å². The number of aryl methyl sites for hydroxylation is 10. The molecule has 0 amide bonds. The predicted molar refractivity (Wildman–Crippen MR) is 366 cm³/mol. The predicted octanol–water partition coefficient (Wildman–Crippen LogP) is 17.7. The molecule has 89 heavy (non-hydrogen) atoms. The highest BCUT2D eigenvalue weighted by atomic mass is 14.9. The molecule has 0 N–H and O–H groups in total. The van der Waals surface area contributed by atoms with E-state index in [-0.39, 0.29) is 5.41 Å². The highest BCUT2D eigenvalue weighted by Crippen LogP contribution is 2.35. The zero-order chi connectivity index (χ0) is 63.0. The van der Waals surface area contributed by atoms with Crippen LogP contribution in [-0.2, 0) is 27.6 Å². The van der Waals surface area contributed by atoms with Crippen molar-refractivity contribution in [2.75, 3.05) is 0 Å². The van der Waals surface area contributed by atoms with Gasteiger partial charge in [-0.15, -0.1) is 0 Å². The third-order valence-electron chi connectivity index (χ3n) is 18.1. The quantitative estimate of drug-likeness (QED) is 0.141. The lowest BCUT2D eigenvalue weighted by Gasteiger charge is -2.16. The van der Waals surface area contributed by atoms with E-state index in [0.717, 1.165) is 51.7 Å². The lowest BCUT2D eigenvalue weighted by Crippen LogP contribution is -2.30. The molecule has 9 nitrogen and oxygen atoms in total. The summed E-state index contributed by atoms with van der Waals surface area (Å²) < 4.78 is 6.69. The SMILES string of the molecule is Cc1cc(C)c(C)c(-c2cc3ccc(-c4cnc(C)cn4)cc3c[n+]2C)c1.Cc1cc(C)c(C)c(-c2cc3ccc(-c4cnc(C5CCCC5)nc4)cc3c[n+]2C)c1.Cc1cc(C)c(C)c(-c2cc3ccc(-c4cnc(CC(C)(C)C)nc4)cc3c[n+]2C)c1. The Kier molecular flexibility index (Phi) is 17.6. The largest absolute Gasteiger partial charge is 0.258 e. The number of fused-ring (bicyclic) bond motifs is 3. The van der Waals surface area contributed by atoms with E-state index < -0.39 is 0 Å². The van der Waals surface area contributed by atoms with Gasteiger partial charge in [0.15, 0.2) is 18.6 Å². The number of hydrogen-bond donors (Lipinski definition) is 0. The highest BCUT2D eigenvalue weighted by Gasteiger charge is 2.22. The van der Waals surface area contributed by atoms with Crippen molar-refractivity contribution in [2.45, 2.75) is 128 Å². The molecule has 13 rings (SSSR count). The molecule has 1 fully saturated rings. The van der Waals surface area contributed by atoms with Gasteiger partial charge in [0.05, 0.1) is 17.6 Å². The summed E-state index contributed by atoms with van der Waals surface area (Å²) in [5, 5.41) is 7.35. The molecule has 0 aliphatic heterocycles. The van der Waals surface area contributed by atoms with Crippen molar-refractivity contribution in [3.63, 3.8) is 0 Å². The Balaban J connectivity index is 0.000000138. The van der Waals surface area contributed by atoms with E-state index in [1.807, 2.05) is 44.1 Å². The summed E-state index contributed by atoms with van der Waals surface area (Å²) in [5.74, 6) is 2.47. The summed E-state index contributed by atoms with van der Waals surface area (Å²) in [6.45, 7) is 28.3. The van der Waals surface area contributed by atoms with Crippen LogP contribution in [0.15, 0.2) is 165 Å². The van der Waals surface area contributed by atoms with Crippen molar-refractivity contribution in [1.82, 2.24) is 29.9 Å². The molecular formula is C80H86N9+3. The molecule has 0 radical (unpaired) electrons. The third kappa shape index (κ3) is 13.8. The Hall–Kier alpha value is -9.21. The van der Waals surface area contributed by atoms with Gasteiger partial charge in [0, 0.05) is 111 Å². The standard InChI is InChI=1S/C28H30N3.C28H32N3.C24H24N3/c1-18-11-19(2)20(3)26(12-18)27-14-23-10-9-22(13-24(23)17-31(27)4)25-15-29-28(30-16-25)21-7-5-6-8-21;1-18-10-19(2)20(3)25(11-18)26-13-22-9-8-21(12-23(22)17-31(26)7)24-15-29-27(30-16-24)14-28(4,5)6;1-15-8-16(2)18(4)22(9-15)24-11-19-6-7-20(10-21(19)14-27(24)5)23-13-25-17(3)12-26-23/h9-17,21H,5-8H2,1-4H3;8-13,15-17H,14H2,1-7H3;6-14H,1-5H3/q3*+1. The maximum absolute atomic E-state index is 4.70. The molecule has 12 aromatic rings. The van der Waals surface area contributed by atoms with E-state index in [1.165, 1.54) is 147 Å². The van der Waals surface area contributed by atoms with Crippen molar-refractivity contribution < 1.29 is 13.7 Å². The van der Waals surface area contributed by atoms with Crippen LogP contribution in [0.25, 0.3) is 99.6 Å². The van der Waals surface area contributed by atoms with Crippen LogP contribution in [0.4, 0.5) is 0 Å². The first-order valence-corrected chi connectivity index (χ1v) is 31.5. The fourth-order valence-electron chi connectivity index (χ4n) is 12.8. The van der Waals surface area contributed by atoms with E-state index >= 15 is 0 Å². The molecule has 1 aliphatic carbocycles. The van der Waals surface area contributed by atoms with Crippen LogP contribution in [0.3, 0.4) is 0 Å². The number of pyridine rings is 3. The van der Waals surface area contributed by atoms with Gasteiger partial charge in [0.2, 0.25) is 17.1 Å². The normalized spacial score (nSPS) is 12.5. The van der Waals surface area contributed by atoms with E-state index in [9.17, 15) is 0 Å². The lowest BCUT2D eigenvalue weighted by molar-refractivity contribution is -0.659. The van der Waals surface area contributed by atoms with Crippen LogP contribution in [-0.4, -0.2) is 29.9 Å². The number of rotatable bonds is 8. The van der Waals surface area contributed by atoms with Gasteiger partial charge in [-0.2, -0.15) is 0 Å². The Bertz CT molecular complexity index is 4630. The number of benzene rings is 6. The van der Waals surface area contributed by atoms with E-state index in [2.05, 4.69) is 266 Å². The summed E-state index contributed by atoms with van der Waals surface area (Å²) in [6.07, 6.45) is 24.1. The summed E-state index contributed by atoms with van der Waals surface area (Å²) in [7, 11) is 6.38. The Labute approximate surface area is 527 Å². The maximum Gasteiger partial charge on any atom is 0.213 e. The van der Waals surface area contributed by atoms with Gasteiger partial charge in [0.25, 0.3) is 0 Å². The van der Waals surface area contributed by atoms with Gasteiger partial charge in [-0.05, 0) is 185 Å². The van der Waals surface area contributed by atoms with Gasteiger partial charge < -0.3 is 0 Å². The van der Waals surface area contributed by atoms with Gasteiger partial charge in [-0.25, -0.2) is 33.6 Å². The second-order valence-corrected chi connectivity index (χ2v) is 26.6. The van der Waals surface area contributed by atoms with Crippen molar-refractivity contribution in [3.05, 3.63) is 232 Å². The minimum absolute atomic E-state index is 0.186. The molecule has 1 saturated carbocycles. The Morgan fingerprint density at radius 1 is 0.382 bits per heavy atom. The van der Waals surface area contributed by atoms with Crippen LogP contribution >= 0.6 is 0 Å². The molecule has 0 atom stereocenters. The first-order valence-electron chi connectivity index (χ1n) is 31.5. The van der Waals surface area contributed by atoms with E-state index in [4.69, 9.17) is 9.97 Å². The smallest absolute Gasteiger partial charge is 0.213 e. The second kappa shape index (κ2) is 25.5. The minimum atomic E-state index is 0.186. The summed E-state index contributed by atoms with van der Waals surface area (Å²) in [6, 6.07) is 40.2. The second-order valence-electron chi connectivity index (χ2n) is 26.6. The van der Waals surface area contributed by atoms with Crippen LogP contribution in [0.1, 0.15) is 120 Å². The Morgan fingerprint density at radius 2 is 0.764 bits per heavy atom. The topological polar surface area (TPSA) is 89.0 Å². The highest BCUT2D eigenvalue weighted by molar-refractivity contribution is 5.91. The van der Waals surface area contributed by atoms with Crippen molar-refractivity contribution in [2.24, 2.45) is 26.6 Å². The molecule has 6 aromatic heterocycles. The number of hydrogen-bond acceptors (Lipinski definition) is 6. The molecule has 6 heterocycles. The third-order valence-corrected chi connectivity index (χ3v) is 18.1. The molecule has 9 heteroatoms. The Morgan fingerprint density at radius 3 is 1.15 bits per heavy atom. The first-order chi connectivity index (χ1) is 42.5. The number of nitrogens with zero attached hydrogens (tertiary/aromatic N) is 9. The van der Waals surface area contributed by atoms with Crippen molar-refractivity contribution in [3.8, 4) is 67.3 Å². The monoisotopic (exact) mass is 1170 g/mol. The molecule has 0 saturated heterocycles. The van der Waals surface area contributed by atoms with Crippen molar-refractivity contribution >= 4 is 32.3 Å². The first kappa shape index (κ1) is 61.4. The fraction of sp³-hybridized carbons (Fsp3) is 0.287. The maximum atomic E-state index is 4.70. The minimum Gasteiger partial charge on any atom is -0.258 e. The van der Waals surface area contributed by atoms with Crippen LogP contribution in [0, 0.1) is 74.7 Å². The zero-order valence-electron chi connectivity index (χ0n) is 55.2. The van der Waals surface area contributed by atoms with Crippen molar-refractivity contribution in [1.29, 1.82) is 0 Å². The van der Waals surface area contributed by atoms with E-state index in [0.29, 0.717) is 5.92 Å². The molecule has 0 unspecified atom stereocenters. The van der Waals surface area contributed by atoms with Crippen LogP contribution in [0.2, 0.25) is 0 Å². The molecule has 448 valence electrons. The molecule has 1 aliphatic rings. The summed E-state index contributed by atoms with van der Waals surface area (Å²) >= 11 is 0. The number of aromatic nitrogens is 9. The summed E-state index contributed by atoms with van der Waals surface area (Å²) in [4.78, 5) is 27.5.